The van der Waals surface area contributed by atoms with Gasteiger partial charge in [-0.1, -0.05) is 6.92 Å². The number of amides is 1. The Hall–Kier alpha value is -1.71. The predicted octanol–water partition coefficient (Wildman–Crippen LogP) is 2.00. The van der Waals surface area contributed by atoms with Crippen LogP contribution in [0.1, 0.15) is 25.3 Å². The van der Waals surface area contributed by atoms with Gasteiger partial charge in [-0.25, -0.2) is 0 Å². The summed E-state index contributed by atoms with van der Waals surface area (Å²) in [5.41, 5.74) is 9.93. The van der Waals surface area contributed by atoms with Crippen LogP contribution >= 0.6 is 0 Å². The molecule has 0 aliphatic carbocycles. The Kier molecular flexibility index (Phi) is 2.65. The van der Waals surface area contributed by atoms with E-state index in [1.54, 1.807) is 0 Å². The zero-order chi connectivity index (χ0) is 12.7. The molecule has 1 saturated heterocycles. The lowest BCUT2D eigenvalue weighted by Crippen LogP contribution is -2.33. The number of benzene rings is 1. The number of fused-ring (bicyclic) bond motifs is 1. The zero-order valence-electron chi connectivity index (χ0n) is 10.7. The van der Waals surface area contributed by atoms with Crippen LogP contribution in [0.15, 0.2) is 12.1 Å². The van der Waals surface area contributed by atoms with E-state index in [1.165, 1.54) is 12.8 Å². The van der Waals surface area contributed by atoms with Crippen molar-refractivity contribution in [2.75, 3.05) is 29.0 Å². The van der Waals surface area contributed by atoms with Gasteiger partial charge in [-0.05, 0) is 36.5 Å². The number of nitrogens with two attached hydrogens (primary N) is 1. The Bertz CT molecular complexity index is 490. The van der Waals surface area contributed by atoms with E-state index in [4.69, 9.17) is 5.73 Å². The Labute approximate surface area is 107 Å². The molecule has 2 aliphatic heterocycles. The summed E-state index contributed by atoms with van der Waals surface area (Å²) in [5, 5.41) is 2.84. The molecule has 4 nitrogen and oxygen atoms in total. The molecule has 0 aromatic heterocycles. The van der Waals surface area contributed by atoms with Crippen molar-refractivity contribution < 1.29 is 4.79 Å². The minimum Gasteiger partial charge on any atom is -0.397 e. The van der Waals surface area contributed by atoms with E-state index in [0.29, 0.717) is 6.42 Å². The molecule has 18 heavy (non-hydrogen) atoms. The van der Waals surface area contributed by atoms with Crippen LogP contribution in [0, 0.1) is 5.92 Å². The quantitative estimate of drug-likeness (QED) is 0.744. The molecule has 2 aliphatic rings. The van der Waals surface area contributed by atoms with Crippen LogP contribution < -0.4 is 16.0 Å². The van der Waals surface area contributed by atoms with Crippen LogP contribution in [0.25, 0.3) is 0 Å². The molecule has 0 bridgehead atoms. The second-order valence-electron chi connectivity index (χ2n) is 5.46. The Balaban J connectivity index is 1.89. The van der Waals surface area contributed by atoms with Gasteiger partial charge in [0.25, 0.3) is 0 Å². The lowest BCUT2D eigenvalue weighted by molar-refractivity contribution is -0.115. The molecular formula is C14H19N3O. The van der Waals surface area contributed by atoms with Gasteiger partial charge in [0.2, 0.25) is 5.91 Å². The number of carbonyl (C=O) groups excluding carboxylic acids is 1. The molecule has 2 heterocycles. The maximum absolute atomic E-state index is 11.4. The number of piperidine rings is 1. The number of nitrogen functional groups attached to an aromatic ring is 1. The fourth-order valence-corrected chi connectivity index (χ4v) is 2.80. The van der Waals surface area contributed by atoms with Crippen LogP contribution in [-0.4, -0.2) is 19.0 Å². The molecule has 0 saturated carbocycles. The van der Waals surface area contributed by atoms with Gasteiger partial charge in [-0.2, -0.15) is 0 Å². The summed E-state index contributed by atoms with van der Waals surface area (Å²) in [6.45, 7) is 4.42. The first-order chi connectivity index (χ1) is 8.63. The van der Waals surface area contributed by atoms with E-state index < -0.39 is 0 Å². The number of nitrogens with one attached hydrogen (secondary N) is 1. The summed E-state index contributed by atoms with van der Waals surface area (Å²) >= 11 is 0. The minimum atomic E-state index is 0.0637. The fourth-order valence-electron chi connectivity index (χ4n) is 2.80. The molecule has 0 spiro atoms. The lowest BCUT2D eigenvalue weighted by Gasteiger charge is -2.33. The number of hydrogen-bond acceptors (Lipinski definition) is 3. The second-order valence-corrected chi connectivity index (χ2v) is 5.46. The summed E-state index contributed by atoms with van der Waals surface area (Å²) in [6.07, 6.45) is 2.91. The van der Waals surface area contributed by atoms with Crippen molar-refractivity contribution in [1.29, 1.82) is 0 Å². The number of hydrogen-bond donors (Lipinski definition) is 2. The summed E-state index contributed by atoms with van der Waals surface area (Å²) in [7, 11) is 0. The normalized spacial score (nSPS) is 19.8. The molecular weight excluding hydrogens is 226 g/mol. The molecule has 0 radical (unpaired) electrons. The highest BCUT2D eigenvalue weighted by molar-refractivity contribution is 6.00. The Morgan fingerprint density at radius 1 is 1.33 bits per heavy atom. The van der Waals surface area contributed by atoms with Crippen LogP contribution in [0.5, 0.6) is 0 Å². The zero-order valence-corrected chi connectivity index (χ0v) is 10.7. The Morgan fingerprint density at radius 3 is 2.78 bits per heavy atom. The monoisotopic (exact) mass is 245 g/mol. The number of anilines is 3. The van der Waals surface area contributed by atoms with Crippen molar-refractivity contribution in [3.05, 3.63) is 17.7 Å². The average molecular weight is 245 g/mol. The van der Waals surface area contributed by atoms with Gasteiger partial charge in [0.15, 0.2) is 0 Å². The first-order valence-electron chi connectivity index (χ1n) is 6.60. The third-order valence-corrected chi connectivity index (χ3v) is 4.00. The summed E-state index contributed by atoms with van der Waals surface area (Å²) in [6, 6.07) is 3.98. The van der Waals surface area contributed by atoms with Crippen LogP contribution in [0.4, 0.5) is 17.1 Å². The fraction of sp³-hybridized carbons (Fsp3) is 0.500. The SMILES string of the molecule is CC1CCN(c2cc3c(cc2N)NC(=O)C3)CC1. The standard InChI is InChI=1S/C14H19N3O/c1-9-2-4-17(5-3-9)13-6-10-7-14(18)16-12(10)8-11(13)15/h6,8-9H,2-5,7,15H2,1H3,(H,16,18). The molecule has 1 amide bonds. The number of carbonyl (C=O) groups is 1. The maximum Gasteiger partial charge on any atom is 0.228 e. The van der Waals surface area contributed by atoms with Crippen molar-refractivity contribution >= 4 is 23.0 Å². The van der Waals surface area contributed by atoms with Gasteiger partial charge < -0.3 is 16.0 Å². The third-order valence-electron chi connectivity index (χ3n) is 4.00. The minimum absolute atomic E-state index is 0.0637. The maximum atomic E-state index is 11.4. The van der Waals surface area contributed by atoms with E-state index >= 15 is 0 Å². The number of nitrogens with zero attached hydrogens (tertiary/aromatic N) is 1. The average Bonchev–Trinajstić information content (AvgIpc) is 2.68. The molecule has 1 fully saturated rings. The van der Waals surface area contributed by atoms with E-state index in [1.807, 2.05) is 6.07 Å². The van der Waals surface area contributed by atoms with E-state index in [9.17, 15) is 4.79 Å². The van der Waals surface area contributed by atoms with Crippen LogP contribution in [0.2, 0.25) is 0 Å². The topological polar surface area (TPSA) is 58.4 Å². The smallest absolute Gasteiger partial charge is 0.228 e. The second kappa shape index (κ2) is 4.19. The summed E-state index contributed by atoms with van der Waals surface area (Å²) in [4.78, 5) is 13.7. The van der Waals surface area contributed by atoms with Crippen molar-refractivity contribution in [2.45, 2.75) is 26.2 Å². The van der Waals surface area contributed by atoms with Crippen molar-refractivity contribution in [3.8, 4) is 0 Å². The molecule has 0 atom stereocenters. The molecule has 1 aromatic rings. The van der Waals surface area contributed by atoms with Crippen molar-refractivity contribution in [1.82, 2.24) is 0 Å². The van der Waals surface area contributed by atoms with Gasteiger partial charge in [-0.3, -0.25) is 4.79 Å². The largest absolute Gasteiger partial charge is 0.397 e. The van der Waals surface area contributed by atoms with E-state index in [-0.39, 0.29) is 5.91 Å². The van der Waals surface area contributed by atoms with Crippen LogP contribution in [-0.2, 0) is 11.2 Å². The first-order valence-corrected chi connectivity index (χ1v) is 6.60. The van der Waals surface area contributed by atoms with Gasteiger partial charge in [0, 0.05) is 18.8 Å². The molecule has 3 N–H and O–H groups in total. The molecule has 0 unspecified atom stereocenters. The third kappa shape index (κ3) is 1.92. The molecule has 4 heteroatoms. The highest BCUT2D eigenvalue weighted by atomic mass is 16.1. The lowest BCUT2D eigenvalue weighted by atomic mass is 9.98. The molecule has 96 valence electrons. The number of rotatable bonds is 1. The summed E-state index contributed by atoms with van der Waals surface area (Å²) in [5.74, 6) is 0.869. The van der Waals surface area contributed by atoms with E-state index in [2.05, 4.69) is 23.2 Å². The first kappa shape index (κ1) is 11.4. The van der Waals surface area contributed by atoms with Gasteiger partial charge in [0.1, 0.15) is 0 Å². The summed E-state index contributed by atoms with van der Waals surface area (Å²) < 4.78 is 0. The van der Waals surface area contributed by atoms with Gasteiger partial charge in [-0.15, -0.1) is 0 Å². The van der Waals surface area contributed by atoms with Crippen molar-refractivity contribution in [3.63, 3.8) is 0 Å². The Morgan fingerprint density at radius 2 is 2.06 bits per heavy atom. The van der Waals surface area contributed by atoms with Gasteiger partial charge in [0.05, 0.1) is 17.8 Å². The molecule has 1 aromatic carbocycles. The van der Waals surface area contributed by atoms with Gasteiger partial charge >= 0.3 is 0 Å². The van der Waals surface area contributed by atoms with E-state index in [0.717, 1.165) is 41.6 Å². The highest BCUT2D eigenvalue weighted by Crippen LogP contribution is 2.35. The highest BCUT2D eigenvalue weighted by Gasteiger charge is 2.23. The molecule has 3 rings (SSSR count). The predicted molar refractivity (Wildman–Crippen MR) is 73.8 cm³/mol. The van der Waals surface area contributed by atoms with Crippen molar-refractivity contribution in [2.24, 2.45) is 5.92 Å². The van der Waals surface area contributed by atoms with Crippen LogP contribution in [0.3, 0.4) is 0 Å².